The molecule has 0 bridgehead atoms. The number of hydrogen-bond donors (Lipinski definition) is 0. The van der Waals surface area contributed by atoms with Crippen LogP contribution >= 0.6 is 0 Å². The largest absolute Gasteiger partial charge is 0.490 e. The Morgan fingerprint density at radius 3 is 1.20 bits per heavy atom. The molecule has 2 atom stereocenters. The smallest absolute Gasteiger partial charge is 0.126 e. The fourth-order valence-corrected chi connectivity index (χ4v) is 4.37. The molecule has 4 rings (SSSR count). The van der Waals surface area contributed by atoms with Gasteiger partial charge in [-0.1, -0.05) is 48.6 Å². The van der Waals surface area contributed by atoms with Gasteiger partial charge in [0.25, 0.3) is 0 Å². The van der Waals surface area contributed by atoms with E-state index in [2.05, 4.69) is 50.6 Å². The molecule has 0 aromatic heterocycles. The Balaban J connectivity index is 1.66. The van der Waals surface area contributed by atoms with Crippen molar-refractivity contribution in [3.8, 4) is 11.5 Å². The van der Waals surface area contributed by atoms with E-state index in [1.165, 1.54) is 11.1 Å². The van der Waals surface area contributed by atoms with Crippen LogP contribution in [0.25, 0.3) is 0 Å². The lowest BCUT2D eigenvalue weighted by Crippen LogP contribution is -2.10. The number of epoxide rings is 2. The van der Waals surface area contributed by atoms with Crippen molar-refractivity contribution in [2.45, 2.75) is 44.3 Å². The van der Waals surface area contributed by atoms with Crippen molar-refractivity contribution in [2.24, 2.45) is 0 Å². The lowest BCUT2D eigenvalue weighted by atomic mass is 9.93. The fraction of sp³-hybridized carbons (Fsp3) is 0.355. The van der Waals surface area contributed by atoms with Gasteiger partial charge in [-0.15, -0.1) is 26.3 Å². The summed E-state index contributed by atoms with van der Waals surface area (Å²) in [5.74, 6) is 1.88. The van der Waals surface area contributed by atoms with Crippen LogP contribution in [0.5, 0.6) is 11.5 Å². The molecule has 0 amide bonds. The summed E-state index contributed by atoms with van der Waals surface area (Å²) in [5.41, 5.74) is 7.08. The highest BCUT2D eigenvalue weighted by atomic mass is 16.6. The summed E-state index contributed by atoms with van der Waals surface area (Å²) >= 11 is 0. The summed E-state index contributed by atoms with van der Waals surface area (Å²) in [5, 5.41) is 0. The zero-order valence-corrected chi connectivity index (χ0v) is 20.6. The Morgan fingerprint density at radius 1 is 0.629 bits per heavy atom. The van der Waals surface area contributed by atoms with E-state index in [4.69, 9.17) is 18.9 Å². The molecule has 2 saturated heterocycles. The van der Waals surface area contributed by atoms with E-state index in [0.717, 1.165) is 79.1 Å². The number of hydrogen-bond acceptors (Lipinski definition) is 4. The van der Waals surface area contributed by atoms with E-state index in [0.29, 0.717) is 13.2 Å². The van der Waals surface area contributed by atoms with Crippen LogP contribution in [0.3, 0.4) is 0 Å². The van der Waals surface area contributed by atoms with Gasteiger partial charge in [-0.2, -0.15) is 0 Å². The summed E-state index contributed by atoms with van der Waals surface area (Å²) in [6.45, 7) is 18.6. The van der Waals surface area contributed by atoms with Crippen LogP contribution in [0.4, 0.5) is 0 Å². The van der Waals surface area contributed by atoms with Gasteiger partial charge in [0.1, 0.15) is 36.9 Å². The van der Waals surface area contributed by atoms with Gasteiger partial charge in [-0.3, -0.25) is 0 Å². The molecule has 2 aromatic carbocycles. The minimum atomic E-state index is 0.210. The van der Waals surface area contributed by atoms with Crippen molar-refractivity contribution in [2.75, 3.05) is 26.4 Å². The topological polar surface area (TPSA) is 43.5 Å². The Kier molecular flexibility index (Phi) is 8.62. The average Bonchev–Trinajstić information content (AvgIpc) is 3.74. The molecule has 0 aliphatic carbocycles. The molecular weight excluding hydrogens is 436 g/mol. The van der Waals surface area contributed by atoms with Gasteiger partial charge in [0.05, 0.1) is 13.2 Å². The minimum absolute atomic E-state index is 0.210. The van der Waals surface area contributed by atoms with Gasteiger partial charge in [-0.25, -0.2) is 0 Å². The molecule has 184 valence electrons. The summed E-state index contributed by atoms with van der Waals surface area (Å²) in [6, 6.07) is 8.97. The van der Waals surface area contributed by atoms with E-state index in [1.807, 2.05) is 24.3 Å². The first-order valence-corrected chi connectivity index (χ1v) is 12.4. The second-order valence-electron chi connectivity index (χ2n) is 9.17. The standard InChI is InChI=1S/C31H36O4/c1-5-9-24-14-22(15-25(10-6-2)30(24)34-20-28-18-32-28)13-23-16-26(11-7-3)31(27(17-23)12-8-4)35-21-29-19-33-29/h5-8,14-17,28-29H,1-4,9-13,18-21H2/t28-,29?/m0/s1. The number of allylic oxidation sites excluding steroid dienone is 4. The molecule has 0 radical (unpaired) electrons. The minimum Gasteiger partial charge on any atom is -0.490 e. The van der Waals surface area contributed by atoms with Crippen molar-refractivity contribution in [3.63, 3.8) is 0 Å². The highest BCUT2D eigenvalue weighted by Gasteiger charge is 2.25. The molecule has 0 spiro atoms. The van der Waals surface area contributed by atoms with Crippen LogP contribution in [0, 0.1) is 0 Å². The Morgan fingerprint density at radius 2 is 0.943 bits per heavy atom. The second-order valence-corrected chi connectivity index (χ2v) is 9.17. The monoisotopic (exact) mass is 472 g/mol. The summed E-state index contributed by atoms with van der Waals surface area (Å²) in [4.78, 5) is 0. The Hall–Kier alpha value is -3.08. The van der Waals surface area contributed by atoms with Crippen LogP contribution in [0.15, 0.2) is 74.9 Å². The quantitative estimate of drug-likeness (QED) is 0.231. The molecule has 1 unspecified atom stereocenters. The molecular formula is C31H36O4. The molecule has 0 N–H and O–H groups in total. The lowest BCUT2D eigenvalue weighted by Gasteiger charge is -2.19. The first kappa shape index (κ1) is 25.0. The summed E-state index contributed by atoms with van der Waals surface area (Å²) in [7, 11) is 0. The molecule has 2 fully saturated rings. The maximum absolute atomic E-state index is 6.20. The average molecular weight is 473 g/mol. The number of ether oxygens (including phenoxy) is 4. The third-order valence-electron chi connectivity index (χ3n) is 6.10. The maximum atomic E-state index is 6.20. The predicted octanol–water partition coefficient (Wildman–Crippen LogP) is 5.75. The van der Waals surface area contributed by atoms with Crippen LogP contribution in [0.2, 0.25) is 0 Å². The van der Waals surface area contributed by atoms with Crippen LogP contribution in [0.1, 0.15) is 33.4 Å². The first-order chi connectivity index (χ1) is 17.1. The fourth-order valence-electron chi connectivity index (χ4n) is 4.37. The van der Waals surface area contributed by atoms with E-state index in [-0.39, 0.29) is 12.2 Å². The lowest BCUT2D eigenvalue weighted by molar-refractivity contribution is 0.259. The molecule has 2 aromatic rings. The molecule has 0 saturated carbocycles. The molecule has 35 heavy (non-hydrogen) atoms. The van der Waals surface area contributed by atoms with Gasteiger partial charge >= 0.3 is 0 Å². The number of rotatable bonds is 16. The molecule has 2 heterocycles. The third kappa shape index (κ3) is 6.97. The summed E-state index contributed by atoms with van der Waals surface area (Å²) in [6.07, 6.45) is 11.9. The normalized spacial score (nSPS) is 17.9. The van der Waals surface area contributed by atoms with Gasteiger partial charge in [0, 0.05) is 0 Å². The maximum Gasteiger partial charge on any atom is 0.126 e. The van der Waals surface area contributed by atoms with Crippen molar-refractivity contribution >= 4 is 0 Å². The van der Waals surface area contributed by atoms with Crippen molar-refractivity contribution in [1.82, 2.24) is 0 Å². The SMILES string of the molecule is C=CCc1cc(Cc2cc(CC=C)c(OC[C@@H]3CO3)c(CC=C)c2)cc(CC=C)c1OCC1CO1. The van der Waals surface area contributed by atoms with E-state index in [9.17, 15) is 0 Å². The molecule has 4 nitrogen and oxygen atoms in total. The predicted molar refractivity (Wildman–Crippen MR) is 142 cm³/mol. The second kappa shape index (κ2) is 12.1. The zero-order chi connectivity index (χ0) is 24.6. The third-order valence-corrected chi connectivity index (χ3v) is 6.10. The van der Waals surface area contributed by atoms with Gasteiger partial charge < -0.3 is 18.9 Å². The first-order valence-electron chi connectivity index (χ1n) is 12.4. The van der Waals surface area contributed by atoms with Crippen molar-refractivity contribution < 1.29 is 18.9 Å². The van der Waals surface area contributed by atoms with E-state index >= 15 is 0 Å². The molecule has 2 aliphatic rings. The Labute approximate surface area is 209 Å². The van der Waals surface area contributed by atoms with Crippen molar-refractivity contribution in [1.29, 1.82) is 0 Å². The van der Waals surface area contributed by atoms with Gasteiger partial charge in [-0.05, 0) is 65.5 Å². The number of benzene rings is 2. The Bertz CT molecular complexity index is 928. The molecule has 2 aliphatic heterocycles. The van der Waals surface area contributed by atoms with E-state index < -0.39 is 0 Å². The highest BCUT2D eigenvalue weighted by molar-refractivity contribution is 5.50. The summed E-state index contributed by atoms with van der Waals surface area (Å²) < 4.78 is 23.1. The van der Waals surface area contributed by atoms with Crippen LogP contribution in [-0.2, 0) is 41.6 Å². The van der Waals surface area contributed by atoms with Gasteiger partial charge in [0.15, 0.2) is 0 Å². The van der Waals surface area contributed by atoms with Gasteiger partial charge in [0.2, 0.25) is 0 Å². The van der Waals surface area contributed by atoms with Crippen molar-refractivity contribution in [3.05, 3.63) is 108 Å². The van der Waals surface area contributed by atoms with Crippen LogP contribution < -0.4 is 9.47 Å². The zero-order valence-electron chi connectivity index (χ0n) is 20.6. The molecule has 4 heteroatoms. The van der Waals surface area contributed by atoms with Crippen LogP contribution in [-0.4, -0.2) is 38.6 Å². The highest BCUT2D eigenvalue weighted by Crippen LogP contribution is 2.33. The van der Waals surface area contributed by atoms with E-state index in [1.54, 1.807) is 0 Å².